The number of nitrogens with zero attached hydrogens (tertiary/aromatic N) is 3. The van der Waals surface area contributed by atoms with Crippen molar-refractivity contribution in [2.45, 2.75) is 69.3 Å². The third-order valence-corrected chi connectivity index (χ3v) is 9.95. The van der Waals surface area contributed by atoms with Gasteiger partial charge in [-0.15, -0.1) is 11.7 Å². The van der Waals surface area contributed by atoms with Crippen LogP contribution < -0.4 is 0 Å². The Hall–Kier alpha value is -0.789. The molecule has 5 atom stereocenters. The van der Waals surface area contributed by atoms with Crippen molar-refractivity contribution in [2.75, 3.05) is 6.61 Å². The second-order valence-electron chi connectivity index (χ2n) is 7.33. The number of aryl methyl sites for hydroxylation is 1. The summed E-state index contributed by atoms with van der Waals surface area (Å²) >= 11 is 0. The second kappa shape index (κ2) is 11.7. The Morgan fingerprint density at radius 1 is 1.27 bits per heavy atom. The van der Waals surface area contributed by atoms with Gasteiger partial charge in [-0.3, -0.25) is 4.68 Å². The van der Waals surface area contributed by atoms with E-state index in [4.69, 9.17) is 17.7 Å². The number of aliphatic hydroxyl groups excluding tert-OH is 4. The van der Waals surface area contributed by atoms with Gasteiger partial charge < -0.3 is 38.1 Å². The topological polar surface area (TPSA) is 149 Å². The lowest BCUT2D eigenvalue weighted by atomic mass is 9.99. The largest absolute Gasteiger partial charge is 0.437 e. The zero-order valence-electron chi connectivity index (χ0n) is 16.7. The predicted molar refractivity (Wildman–Crippen MR) is 107 cm³/mol. The van der Waals surface area contributed by atoms with Gasteiger partial charge in [0.05, 0.1) is 19.4 Å². The molecule has 0 bridgehead atoms. The molecular formula is C16H27N3O8Si3. The maximum atomic E-state index is 9.99. The highest BCUT2D eigenvalue weighted by molar-refractivity contribution is 6.73. The molecule has 1 aliphatic rings. The Morgan fingerprint density at radius 2 is 1.97 bits per heavy atom. The van der Waals surface area contributed by atoms with Crippen LogP contribution in [-0.4, -0.2) is 102 Å². The molecule has 0 saturated carbocycles. The third kappa shape index (κ3) is 6.60. The lowest BCUT2D eigenvalue weighted by Crippen LogP contribution is -2.59. The minimum Gasteiger partial charge on any atom is -0.437 e. The minimum absolute atomic E-state index is 0.0362. The van der Waals surface area contributed by atoms with Gasteiger partial charge in [-0.05, 0) is 19.4 Å². The number of hydrogen-bond donors (Lipinski definition) is 4. The molecule has 0 aromatic carbocycles. The molecule has 5 unspecified atom stereocenters. The third-order valence-electron chi connectivity index (χ3n) is 4.72. The number of rotatable bonds is 12. The van der Waals surface area contributed by atoms with Crippen LogP contribution in [0, 0.1) is 0 Å². The van der Waals surface area contributed by atoms with E-state index in [-0.39, 0.29) is 6.61 Å². The Bertz CT molecular complexity index is 676. The van der Waals surface area contributed by atoms with Gasteiger partial charge in [0.1, 0.15) is 30.1 Å². The summed E-state index contributed by atoms with van der Waals surface area (Å²) in [5.41, 5.74) is 1.46. The van der Waals surface area contributed by atoms with Crippen molar-refractivity contribution in [1.29, 1.82) is 0 Å². The van der Waals surface area contributed by atoms with Crippen molar-refractivity contribution in [1.82, 2.24) is 15.0 Å². The molecule has 2 heterocycles. The molecule has 11 nitrogen and oxygen atoms in total. The standard InChI is InChI=1S/C16H27N3O8Si3/c1-10(2)9-30(26-28,27-29)5-3-4-19-6-11(17-18-19)8-24-16-15(23)14(22)13(21)12(7-20)25-16/h6,12-16,20-23H,1,3-5,7-9H2,2H3. The first kappa shape index (κ1) is 25.5. The Kier molecular flexibility index (Phi) is 9.95. The van der Waals surface area contributed by atoms with E-state index in [0.717, 1.165) is 12.0 Å². The van der Waals surface area contributed by atoms with Crippen LogP contribution in [0.1, 0.15) is 19.0 Å². The number of hydrogen-bond acceptors (Lipinski definition) is 10. The fourth-order valence-corrected chi connectivity index (χ4v) is 6.87. The van der Waals surface area contributed by atoms with Crippen LogP contribution in [0.25, 0.3) is 0 Å². The van der Waals surface area contributed by atoms with Crippen LogP contribution in [0.2, 0.25) is 12.1 Å². The second-order valence-corrected chi connectivity index (χ2v) is 11.6. The monoisotopic (exact) mass is 473 g/mol. The summed E-state index contributed by atoms with van der Waals surface area (Å²) in [5, 5.41) is 46.8. The number of ether oxygens (including phenoxy) is 2. The van der Waals surface area contributed by atoms with E-state index >= 15 is 0 Å². The van der Waals surface area contributed by atoms with Gasteiger partial charge in [-0.25, -0.2) is 0 Å². The maximum Gasteiger partial charge on any atom is 0.321 e. The first-order valence-corrected chi connectivity index (χ1v) is 12.4. The van der Waals surface area contributed by atoms with E-state index in [1.807, 2.05) is 6.92 Å². The summed E-state index contributed by atoms with van der Waals surface area (Å²) in [6, 6.07) is 1.32. The van der Waals surface area contributed by atoms with E-state index in [1.54, 1.807) is 10.9 Å². The molecule has 166 valence electrons. The molecule has 1 aromatic rings. The van der Waals surface area contributed by atoms with E-state index < -0.39 is 45.9 Å². The van der Waals surface area contributed by atoms with Crippen LogP contribution >= 0.6 is 0 Å². The molecule has 1 aliphatic heterocycles. The molecule has 30 heavy (non-hydrogen) atoms. The van der Waals surface area contributed by atoms with Gasteiger partial charge in [0.25, 0.3) is 0 Å². The lowest BCUT2D eigenvalue weighted by Gasteiger charge is -2.39. The van der Waals surface area contributed by atoms with Gasteiger partial charge in [0.2, 0.25) is 21.0 Å². The van der Waals surface area contributed by atoms with Crippen molar-refractivity contribution >= 4 is 29.5 Å². The van der Waals surface area contributed by atoms with Crippen LogP contribution in [0.15, 0.2) is 18.3 Å². The summed E-state index contributed by atoms with van der Waals surface area (Å²) in [4.78, 5) is 0. The lowest BCUT2D eigenvalue weighted by molar-refractivity contribution is -0.304. The molecule has 14 heteroatoms. The average molecular weight is 474 g/mol. The van der Waals surface area contributed by atoms with Gasteiger partial charge in [-0.1, -0.05) is 10.8 Å². The summed E-state index contributed by atoms with van der Waals surface area (Å²) in [7, 11) is 3.75. The van der Waals surface area contributed by atoms with Gasteiger partial charge in [-0.2, -0.15) is 0 Å². The van der Waals surface area contributed by atoms with E-state index in [1.165, 1.54) is 0 Å². The van der Waals surface area contributed by atoms with Crippen LogP contribution in [0.5, 0.6) is 0 Å². The molecule has 2 rings (SSSR count). The molecule has 0 aliphatic carbocycles. The van der Waals surface area contributed by atoms with Gasteiger partial charge >= 0.3 is 8.56 Å². The van der Waals surface area contributed by atoms with Crippen molar-refractivity contribution < 1.29 is 38.1 Å². The van der Waals surface area contributed by atoms with E-state index in [0.29, 0.717) is 24.3 Å². The van der Waals surface area contributed by atoms with Crippen molar-refractivity contribution in [3.8, 4) is 0 Å². The van der Waals surface area contributed by atoms with E-state index in [2.05, 4.69) is 37.9 Å². The summed E-state index contributed by atoms with van der Waals surface area (Å²) in [6.45, 7) is 5.84. The summed E-state index contributed by atoms with van der Waals surface area (Å²) in [5.74, 6) is 0. The van der Waals surface area contributed by atoms with Crippen LogP contribution in [-0.2, 0) is 30.9 Å². The van der Waals surface area contributed by atoms with Gasteiger partial charge in [0.15, 0.2) is 6.29 Å². The highest BCUT2D eigenvalue weighted by Gasteiger charge is 2.44. The summed E-state index contributed by atoms with van der Waals surface area (Å²) < 4.78 is 23.3. The predicted octanol–water partition coefficient (Wildman–Crippen LogP) is -1.80. The fourth-order valence-electron chi connectivity index (χ4n) is 3.14. The zero-order valence-corrected chi connectivity index (χ0v) is 19.7. The molecule has 6 radical (unpaired) electrons. The number of allylic oxidation sites excluding steroid dienone is 1. The molecule has 1 saturated heterocycles. The van der Waals surface area contributed by atoms with E-state index in [9.17, 15) is 20.4 Å². The number of aromatic nitrogens is 3. The highest BCUT2D eigenvalue weighted by Crippen LogP contribution is 2.24. The van der Waals surface area contributed by atoms with Crippen molar-refractivity contribution in [3.63, 3.8) is 0 Å². The Labute approximate surface area is 182 Å². The highest BCUT2D eigenvalue weighted by atomic mass is 28.4. The molecule has 4 N–H and O–H groups in total. The smallest absolute Gasteiger partial charge is 0.321 e. The van der Waals surface area contributed by atoms with Gasteiger partial charge in [0, 0.05) is 12.6 Å². The van der Waals surface area contributed by atoms with Crippen LogP contribution in [0.3, 0.4) is 0 Å². The number of aliphatic hydroxyl groups is 4. The SMILES string of the molecule is C=C(C)C[Si](CCCn1cc(COC2OC(CO)C(O)C(O)C2O)nn1)(O[Si])O[Si]. The van der Waals surface area contributed by atoms with Crippen LogP contribution in [0.4, 0.5) is 0 Å². The first-order valence-electron chi connectivity index (χ1n) is 9.40. The average Bonchev–Trinajstić information content (AvgIpc) is 3.18. The zero-order chi connectivity index (χ0) is 22.3. The normalized spacial score (nSPS) is 27.4. The Morgan fingerprint density at radius 3 is 2.57 bits per heavy atom. The van der Waals surface area contributed by atoms with Crippen molar-refractivity contribution in [3.05, 3.63) is 24.0 Å². The quantitative estimate of drug-likeness (QED) is 0.202. The molecular weight excluding hydrogens is 446 g/mol. The fraction of sp³-hybridized carbons (Fsp3) is 0.750. The summed E-state index contributed by atoms with van der Waals surface area (Å²) in [6.07, 6.45) is -4.21. The first-order chi connectivity index (χ1) is 14.2. The Balaban J connectivity index is 1.84. The molecule has 1 aromatic heterocycles. The van der Waals surface area contributed by atoms with Crippen molar-refractivity contribution in [2.24, 2.45) is 0 Å². The molecule has 0 amide bonds. The minimum atomic E-state index is -2.49. The maximum absolute atomic E-state index is 9.99. The molecule has 1 fully saturated rings. The molecule has 0 spiro atoms.